The van der Waals surface area contributed by atoms with Crippen molar-refractivity contribution in [3.63, 3.8) is 0 Å². The zero-order chi connectivity index (χ0) is 26.1. The van der Waals surface area contributed by atoms with Crippen molar-refractivity contribution in [2.45, 2.75) is 32.4 Å². The van der Waals surface area contributed by atoms with Crippen LogP contribution >= 0.6 is 11.3 Å². The van der Waals surface area contributed by atoms with E-state index in [0.29, 0.717) is 31.7 Å². The molecule has 2 atom stereocenters. The number of piperazine rings is 1. The van der Waals surface area contributed by atoms with Gasteiger partial charge in [0.25, 0.3) is 11.6 Å². The second kappa shape index (κ2) is 10.4. The average Bonchev–Trinajstić information content (AvgIpc) is 3.41. The lowest BCUT2D eigenvalue weighted by molar-refractivity contribution is -0.384. The van der Waals surface area contributed by atoms with Crippen LogP contribution in [0.15, 0.2) is 60.0 Å². The molecule has 0 unspecified atom stereocenters. The van der Waals surface area contributed by atoms with Gasteiger partial charge in [-0.2, -0.15) is 0 Å². The Morgan fingerprint density at radius 3 is 2.43 bits per heavy atom. The zero-order valence-corrected chi connectivity index (χ0v) is 21.8. The predicted molar refractivity (Wildman–Crippen MR) is 143 cm³/mol. The molecule has 0 radical (unpaired) electrons. The Labute approximate surface area is 220 Å². The van der Waals surface area contributed by atoms with E-state index in [1.165, 1.54) is 39.8 Å². The fraction of sp³-hybridized carbons (Fsp3) is 0.357. The van der Waals surface area contributed by atoms with Crippen molar-refractivity contribution >= 4 is 28.8 Å². The molecule has 0 saturated carbocycles. The molecule has 0 aliphatic carbocycles. The Hall–Kier alpha value is -3.56. The first-order valence-corrected chi connectivity index (χ1v) is 13.4. The van der Waals surface area contributed by atoms with E-state index in [9.17, 15) is 19.7 Å². The summed E-state index contributed by atoms with van der Waals surface area (Å²) in [7, 11) is 0. The maximum atomic E-state index is 13.7. The van der Waals surface area contributed by atoms with Crippen LogP contribution in [0.5, 0.6) is 0 Å². The van der Waals surface area contributed by atoms with E-state index in [0.717, 1.165) is 13.0 Å². The molecule has 2 aliphatic rings. The number of nitro groups is 1. The maximum Gasteiger partial charge on any atom is 0.270 e. The summed E-state index contributed by atoms with van der Waals surface area (Å²) >= 11 is 1.79. The highest BCUT2D eigenvalue weighted by Gasteiger charge is 2.38. The summed E-state index contributed by atoms with van der Waals surface area (Å²) < 4.78 is 0. The van der Waals surface area contributed by atoms with Gasteiger partial charge in [-0.3, -0.25) is 24.6 Å². The molecule has 37 heavy (non-hydrogen) atoms. The van der Waals surface area contributed by atoms with Crippen molar-refractivity contribution in [1.29, 1.82) is 0 Å². The van der Waals surface area contributed by atoms with Crippen LogP contribution in [0.3, 0.4) is 0 Å². The normalized spacial score (nSPS) is 18.8. The quantitative estimate of drug-likeness (QED) is 0.372. The van der Waals surface area contributed by atoms with Gasteiger partial charge < -0.3 is 9.80 Å². The molecule has 2 aromatic carbocycles. The van der Waals surface area contributed by atoms with E-state index in [1.54, 1.807) is 22.3 Å². The number of carbonyl (C=O) groups is 2. The van der Waals surface area contributed by atoms with Crippen LogP contribution in [-0.2, 0) is 11.2 Å². The number of carbonyl (C=O) groups excluding carboxylic acids is 2. The molecular weight excluding hydrogens is 488 g/mol. The summed E-state index contributed by atoms with van der Waals surface area (Å²) in [6.45, 7) is 6.60. The molecule has 1 fully saturated rings. The van der Waals surface area contributed by atoms with E-state index in [-0.39, 0.29) is 29.6 Å². The lowest BCUT2D eigenvalue weighted by atomic mass is 9.89. The van der Waals surface area contributed by atoms with Crippen LogP contribution in [0, 0.1) is 17.0 Å². The lowest BCUT2D eigenvalue weighted by Gasteiger charge is -2.43. The van der Waals surface area contributed by atoms with Crippen molar-refractivity contribution in [3.05, 3.63) is 97.2 Å². The molecule has 9 heteroatoms. The molecule has 5 rings (SSSR count). The van der Waals surface area contributed by atoms with E-state index in [4.69, 9.17) is 0 Å². The van der Waals surface area contributed by atoms with Crippen LogP contribution in [0.25, 0.3) is 0 Å². The van der Waals surface area contributed by atoms with Gasteiger partial charge in [-0.05, 0) is 54.5 Å². The number of nitrogens with zero attached hydrogens (tertiary/aromatic N) is 4. The van der Waals surface area contributed by atoms with Gasteiger partial charge in [0.05, 0.1) is 17.0 Å². The fourth-order valence-corrected chi connectivity index (χ4v) is 6.37. The third kappa shape index (κ3) is 4.89. The van der Waals surface area contributed by atoms with Crippen molar-refractivity contribution in [1.82, 2.24) is 14.7 Å². The minimum Gasteiger partial charge on any atom is -0.338 e. The highest BCUT2D eigenvalue weighted by atomic mass is 32.1. The number of amides is 2. The van der Waals surface area contributed by atoms with Crippen molar-refractivity contribution in [2.24, 2.45) is 0 Å². The monoisotopic (exact) mass is 518 g/mol. The van der Waals surface area contributed by atoms with Gasteiger partial charge in [0.1, 0.15) is 0 Å². The number of non-ortho nitro benzene ring substituents is 1. The second-order valence-electron chi connectivity index (χ2n) is 9.65. The predicted octanol–water partition coefficient (Wildman–Crippen LogP) is 4.29. The Morgan fingerprint density at radius 2 is 1.70 bits per heavy atom. The molecule has 0 N–H and O–H groups in total. The summed E-state index contributed by atoms with van der Waals surface area (Å²) in [5.41, 5.74) is 3.92. The third-order valence-corrected chi connectivity index (χ3v) is 8.52. The van der Waals surface area contributed by atoms with Crippen LogP contribution in [0.2, 0.25) is 0 Å². The summed E-state index contributed by atoms with van der Waals surface area (Å²) in [6.07, 6.45) is 0.929. The molecule has 0 bridgehead atoms. The first kappa shape index (κ1) is 25.1. The molecule has 1 aromatic heterocycles. The average molecular weight is 519 g/mol. The summed E-state index contributed by atoms with van der Waals surface area (Å²) in [6, 6.07) is 16.1. The van der Waals surface area contributed by atoms with E-state index in [1.807, 2.05) is 17.9 Å². The topological polar surface area (TPSA) is 87.0 Å². The smallest absolute Gasteiger partial charge is 0.270 e. The van der Waals surface area contributed by atoms with Gasteiger partial charge in [-0.15, -0.1) is 11.3 Å². The van der Waals surface area contributed by atoms with Gasteiger partial charge in [0.2, 0.25) is 5.91 Å². The van der Waals surface area contributed by atoms with Crippen LogP contribution in [-0.4, -0.2) is 70.2 Å². The number of rotatable bonds is 5. The van der Waals surface area contributed by atoms with Crippen LogP contribution in [0.1, 0.15) is 44.9 Å². The Balaban J connectivity index is 1.29. The lowest BCUT2D eigenvalue weighted by Crippen LogP contribution is -2.56. The number of nitro benzene ring substituents is 1. The number of aryl methyl sites for hydroxylation is 1. The number of hydrogen-bond acceptors (Lipinski definition) is 6. The largest absolute Gasteiger partial charge is 0.338 e. The second-order valence-corrected chi connectivity index (χ2v) is 10.6. The first-order chi connectivity index (χ1) is 17.8. The molecule has 2 amide bonds. The Morgan fingerprint density at radius 1 is 0.973 bits per heavy atom. The van der Waals surface area contributed by atoms with E-state index in [2.05, 4.69) is 41.5 Å². The molecule has 3 aromatic rings. The summed E-state index contributed by atoms with van der Waals surface area (Å²) in [5, 5.41) is 13.2. The van der Waals surface area contributed by atoms with Gasteiger partial charge >= 0.3 is 0 Å². The van der Waals surface area contributed by atoms with Crippen LogP contribution in [0.4, 0.5) is 5.69 Å². The molecule has 1 saturated heterocycles. The highest BCUT2D eigenvalue weighted by Crippen LogP contribution is 2.40. The summed E-state index contributed by atoms with van der Waals surface area (Å²) in [5.74, 6) is -0.177. The molecule has 192 valence electrons. The molecular formula is C28H30N4O4S. The zero-order valence-electron chi connectivity index (χ0n) is 21.0. The van der Waals surface area contributed by atoms with E-state index < -0.39 is 4.92 Å². The Bertz CT molecular complexity index is 1330. The number of fused-ring (bicyclic) bond motifs is 1. The van der Waals surface area contributed by atoms with Gasteiger partial charge in [0.15, 0.2) is 0 Å². The van der Waals surface area contributed by atoms with Gasteiger partial charge in [0, 0.05) is 55.3 Å². The third-order valence-electron chi connectivity index (χ3n) is 7.52. The Kier molecular flexibility index (Phi) is 7.08. The fourth-order valence-electron chi connectivity index (χ4n) is 5.46. The molecule has 8 nitrogen and oxygen atoms in total. The summed E-state index contributed by atoms with van der Waals surface area (Å²) in [4.78, 5) is 44.4. The van der Waals surface area contributed by atoms with Gasteiger partial charge in [-0.1, -0.05) is 30.3 Å². The standard InChI is InChI=1S/C28H30N4O4S/c1-19-6-3-4-9-23(19)26-24-11-17-37-25(24)10-12-31(26)20(2)27(33)29-13-15-30(16-14-29)28(34)21-7-5-8-22(18-21)32(35)36/h3-9,11,17-18,20,26H,10,12-16H2,1-2H3/t20-,26+/m0/s1. The van der Waals surface area contributed by atoms with Crippen molar-refractivity contribution < 1.29 is 14.5 Å². The minimum absolute atomic E-state index is 0.0342. The SMILES string of the molecule is Cc1ccccc1[C@@H]1c2ccsc2CCN1[C@@H](C)C(=O)N1CCN(C(=O)c2cccc([N+](=O)[O-])c2)CC1. The van der Waals surface area contributed by atoms with Gasteiger partial charge in [-0.25, -0.2) is 0 Å². The molecule has 0 spiro atoms. The number of hydrogen-bond donors (Lipinski definition) is 0. The van der Waals surface area contributed by atoms with Crippen LogP contribution < -0.4 is 0 Å². The van der Waals surface area contributed by atoms with E-state index >= 15 is 0 Å². The first-order valence-electron chi connectivity index (χ1n) is 12.5. The van der Waals surface area contributed by atoms with Crippen molar-refractivity contribution in [2.75, 3.05) is 32.7 Å². The number of thiophene rings is 1. The molecule has 2 aliphatic heterocycles. The van der Waals surface area contributed by atoms with Crippen molar-refractivity contribution in [3.8, 4) is 0 Å². The molecule has 3 heterocycles. The number of benzene rings is 2. The minimum atomic E-state index is -0.501. The highest BCUT2D eigenvalue weighted by molar-refractivity contribution is 7.10. The maximum absolute atomic E-state index is 13.7.